The summed E-state index contributed by atoms with van der Waals surface area (Å²) in [6.07, 6.45) is 2.38. The van der Waals surface area contributed by atoms with Crippen molar-refractivity contribution in [1.82, 2.24) is 15.5 Å². The smallest absolute Gasteiger partial charge is 0.273 e. The number of unbranched alkanes of at least 4 members (excludes halogenated alkanes) is 1. The van der Waals surface area contributed by atoms with Gasteiger partial charge in [-0.15, -0.1) is 0 Å². The van der Waals surface area contributed by atoms with Gasteiger partial charge in [-0.2, -0.15) is 5.10 Å². The summed E-state index contributed by atoms with van der Waals surface area (Å²) >= 11 is 0. The quantitative estimate of drug-likeness (QED) is 0.559. The van der Waals surface area contributed by atoms with E-state index in [1.165, 1.54) is 0 Å². The lowest BCUT2D eigenvalue weighted by molar-refractivity contribution is 0.0905. The lowest BCUT2D eigenvalue weighted by Gasteiger charge is -2.06. The number of nitrogens with two attached hydrogens (primary N) is 1. The van der Waals surface area contributed by atoms with Gasteiger partial charge in [0.05, 0.1) is 12.3 Å². The van der Waals surface area contributed by atoms with Gasteiger partial charge in [-0.25, -0.2) is 13.6 Å². The molecule has 4 N–H and O–H groups in total. The van der Waals surface area contributed by atoms with Gasteiger partial charge < -0.3 is 10.1 Å². The van der Waals surface area contributed by atoms with Crippen molar-refractivity contribution in [3.05, 3.63) is 11.4 Å². The maximum atomic E-state index is 12.0. The molecule has 0 fully saturated rings. The summed E-state index contributed by atoms with van der Waals surface area (Å²) in [5, 5.41) is 14.0. The Morgan fingerprint density at radius 1 is 1.38 bits per heavy atom. The average Bonchev–Trinajstić information content (AvgIpc) is 2.86. The highest BCUT2D eigenvalue weighted by Crippen LogP contribution is 2.17. The van der Waals surface area contributed by atoms with Crippen LogP contribution in [-0.4, -0.2) is 44.3 Å². The van der Waals surface area contributed by atoms with Crippen LogP contribution < -0.4 is 10.5 Å². The molecule has 0 bridgehead atoms. The lowest BCUT2D eigenvalue weighted by atomic mass is 10.3. The molecule has 0 atom stereocenters. The lowest BCUT2D eigenvalue weighted by Crippen LogP contribution is -2.29. The number of carbonyl (C=O) groups excluding carboxylic acids is 1. The number of carbonyl (C=O) groups is 1. The molecule has 0 aliphatic rings. The van der Waals surface area contributed by atoms with Crippen LogP contribution in [0, 0.1) is 0 Å². The number of hydrogen-bond acceptors (Lipinski definition) is 5. The van der Waals surface area contributed by atoms with Gasteiger partial charge in [0.2, 0.25) is 10.0 Å². The van der Waals surface area contributed by atoms with Gasteiger partial charge >= 0.3 is 0 Å². The highest BCUT2D eigenvalue weighted by Gasteiger charge is 2.26. The Labute approximate surface area is 124 Å². The molecule has 120 valence electrons. The number of rotatable bonds is 9. The Morgan fingerprint density at radius 2 is 2.10 bits per heavy atom. The summed E-state index contributed by atoms with van der Waals surface area (Å²) in [4.78, 5) is 11.7. The van der Waals surface area contributed by atoms with E-state index in [1.54, 1.807) is 6.92 Å². The van der Waals surface area contributed by atoms with Crippen LogP contribution in [0.25, 0.3) is 0 Å². The van der Waals surface area contributed by atoms with Crippen molar-refractivity contribution in [3.8, 4) is 0 Å². The van der Waals surface area contributed by atoms with Crippen molar-refractivity contribution in [2.45, 2.75) is 38.0 Å². The number of aryl methyl sites for hydroxylation is 1. The molecule has 8 nitrogen and oxygen atoms in total. The molecule has 1 amide bonds. The monoisotopic (exact) mass is 318 g/mol. The predicted molar refractivity (Wildman–Crippen MR) is 77.4 cm³/mol. The minimum atomic E-state index is -4.01. The van der Waals surface area contributed by atoms with Gasteiger partial charge in [-0.1, -0.05) is 20.3 Å². The van der Waals surface area contributed by atoms with Crippen molar-refractivity contribution < 1.29 is 17.9 Å². The summed E-state index contributed by atoms with van der Waals surface area (Å²) in [7, 11) is -4.01. The fourth-order valence-electron chi connectivity index (χ4n) is 1.74. The molecule has 0 radical (unpaired) electrons. The predicted octanol–water partition coefficient (Wildman–Crippen LogP) is 0.166. The van der Waals surface area contributed by atoms with E-state index >= 15 is 0 Å². The van der Waals surface area contributed by atoms with Crippen molar-refractivity contribution in [2.24, 2.45) is 5.14 Å². The molecule has 0 spiro atoms. The minimum absolute atomic E-state index is 0.206. The number of amides is 1. The average molecular weight is 318 g/mol. The first-order chi connectivity index (χ1) is 9.91. The first-order valence-electron chi connectivity index (χ1n) is 6.87. The first kappa shape index (κ1) is 17.6. The van der Waals surface area contributed by atoms with Crippen LogP contribution in [0.2, 0.25) is 0 Å². The zero-order valence-electron chi connectivity index (χ0n) is 12.3. The van der Waals surface area contributed by atoms with E-state index in [0.29, 0.717) is 25.3 Å². The van der Waals surface area contributed by atoms with Crippen LogP contribution in [0.3, 0.4) is 0 Å². The molecule has 0 saturated carbocycles. The van der Waals surface area contributed by atoms with Gasteiger partial charge in [-0.05, 0) is 12.8 Å². The molecule has 1 heterocycles. The van der Waals surface area contributed by atoms with Crippen molar-refractivity contribution >= 4 is 15.9 Å². The maximum absolute atomic E-state index is 12.0. The van der Waals surface area contributed by atoms with Gasteiger partial charge in [0, 0.05) is 13.2 Å². The molecule has 1 aromatic heterocycles. The molecule has 21 heavy (non-hydrogen) atoms. The molecule has 0 unspecified atom stereocenters. The fraction of sp³-hybridized carbons (Fsp3) is 0.667. The van der Waals surface area contributed by atoms with Gasteiger partial charge in [0.15, 0.2) is 5.69 Å². The summed E-state index contributed by atoms with van der Waals surface area (Å²) < 4.78 is 28.4. The number of nitrogens with one attached hydrogen (secondary N) is 2. The van der Waals surface area contributed by atoms with Crippen LogP contribution in [0.4, 0.5) is 0 Å². The Bertz CT molecular complexity index is 568. The summed E-state index contributed by atoms with van der Waals surface area (Å²) in [5.74, 6) is -0.589. The van der Waals surface area contributed by atoms with E-state index in [2.05, 4.69) is 22.4 Å². The minimum Gasteiger partial charge on any atom is -0.380 e. The summed E-state index contributed by atoms with van der Waals surface area (Å²) in [5.41, 5.74) is 0.116. The van der Waals surface area contributed by atoms with Crippen molar-refractivity contribution in [2.75, 3.05) is 19.8 Å². The summed E-state index contributed by atoms with van der Waals surface area (Å²) in [6.45, 7) is 5.08. The SMILES string of the molecule is CCCCOCCNC(=O)c1n[nH]c(CC)c1S(N)(=O)=O. The second-order valence-electron chi connectivity index (χ2n) is 4.50. The van der Waals surface area contributed by atoms with Crippen LogP contribution in [-0.2, 0) is 21.2 Å². The molecule has 9 heteroatoms. The Morgan fingerprint density at radius 3 is 2.67 bits per heavy atom. The van der Waals surface area contributed by atoms with E-state index in [9.17, 15) is 13.2 Å². The second-order valence-corrected chi connectivity index (χ2v) is 6.00. The third kappa shape index (κ3) is 5.10. The standard InChI is InChI=1S/C12H22N4O4S/c1-3-5-7-20-8-6-14-12(17)10-11(21(13,18)19)9(4-2)15-16-10/h3-8H2,1-2H3,(H,14,17)(H,15,16)(H2,13,18,19). The number of sulfonamides is 1. The topological polar surface area (TPSA) is 127 Å². The Hall–Kier alpha value is -1.45. The molecule has 1 rings (SSSR count). The number of hydrogen-bond donors (Lipinski definition) is 3. The largest absolute Gasteiger partial charge is 0.380 e. The van der Waals surface area contributed by atoms with Crippen molar-refractivity contribution in [3.63, 3.8) is 0 Å². The fourth-order valence-corrected chi connectivity index (χ4v) is 2.68. The number of aromatic nitrogens is 2. The molecular formula is C12H22N4O4S. The number of H-pyrrole nitrogens is 1. The zero-order valence-corrected chi connectivity index (χ0v) is 13.1. The van der Waals surface area contributed by atoms with E-state index in [4.69, 9.17) is 9.88 Å². The first-order valence-corrected chi connectivity index (χ1v) is 8.42. The van der Waals surface area contributed by atoms with E-state index in [1.807, 2.05) is 0 Å². The third-order valence-corrected chi connectivity index (χ3v) is 3.83. The van der Waals surface area contributed by atoms with Gasteiger partial charge in [-0.3, -0.25) is 9.89 Å². The Balaban J connectivity index is 2.65. The molecule has 0 aliphatic carbocycles. The molecule has 1 aromatic rings. The highest BCUT2D eigenvalue weighted by molar-refractivity contribution is 7.89. The summed E-state index contributed by atoms with van der Waals surface area (Å²) in [6, 6.07) is 0. The van der Waals surface area contributed by atoms with Gasteiger partial charge in [0.25, 0.3) is 5.91 Å². The maximum Gasteiger partial charge on any atom is 0.273 e. The zero-order chi connectivity index (χ0) is 15.9. The number of primary sulfonamides is 1. The third-order valence-electron chi connectivity index (χ3n) is 2.82. The van der Waals surface area contributed by atoms with E-state index in [-0.39, 0.29) is 17.1 Å². The Kier molecular flexibility index (Phi) is 6.79. The van der Waals surface area contributed by atoms with E-state index in [0.717, 1.165) is 12.8 Å². The highest BCUT2D eigenvalue weighted by atomic mass is 32.2. The van der Waals surface area contributed by atoms with Crippen LogP contribution >= 0.6 is 0 Å². The number of aromatic amines is 1. The molecule has 0 aliphatic heterocycles. The molecular weight excluding hydrogens is 296 g/mol. The van der Waals surface area contributed by atoms with Crippen molar-refractivity contribution in [1.29, 1.82) is 0 Å². The second kappa shape index (κ2) is 8.11. The van der Waals surface area contributed by atoms with Crippen LogP contribution in [0.15, 0.2) is 4.90 Å². The van der Waals surface area contributed by atoms with Crippen LogP contribution in [0.5, 0.6) is 0 Å². The number of ether oxygens (including phenoxy) is 1. The van der Waals surface area contributed by atoms with Crippen LogP contribution in [0.1, 0.15) is 42.9 Å². The number of nitrogens with zero attached hydrogens (tertiary/aromatic N) is 1. The molecule has 0 saturated heterocycles. The van der Waals surface area contributed by atoms with Gasteiger partial charge in [0.1, 0.15) is 4.90 Å². The normalized spacial score (nSPS) is 11.6. The van der Waals surface area contributed by atoms with E-state index < -0.39 is 15.9 Å². The molecule has 0 aromatic carbocycles.